The van der Waals surface area contributed by atoms with E-state index in [1.165, 1.54) is 16.8 Å². The molecule has 2 N–H and O–H groups in total. The van der Waals surface area contributed by atoms with Crippen LogP contribution in [0.3, 0.4) is 0 Å². The predicted molar refractivity (Wildman–Crippen MR) is 74.5 cm³/mol. The lowest BCUT2D eigenvalue weighted by Crippen LogP contribution is -2.43. The Morgan fingerprint density at radius 1 is 1.40 bits per heavy atom. The third-order valence-corrected chi connectivity index (χ3v) is 2.81. The molecule has 0 aliphatic carbocycles. The van der Waals surface area contributed by atoms with Gasteiger partial charge in [-0.3, -0.25) is 9.59 Å². The second kappa shape index (κ2) is 6.88. The molecule has 0 spiro atoms. The first-order valence-corrected chi connectivity index (χ1v) is 6.49. The fourth-order valence-electron chi connectivity index (χ4n) is 1.82. The minimum atomic E-state index is -1.07. The smallest absolute Gasteiger partial charge is 0.326 e. The molecule has 0 aliphatic rings. The molecular formula is C14H20N2O4. The van der Waals surface area contributed by atoms with E-state index >= 15 is 0 Å². The lowest BCUT2D eigenvalue weighted by atomic mass is 10.0. The Balaban J connectivity index is 2.70. The molecule has 0 radical (unpaired) electrons. The quantitative estimate of drug-likeness (QED) is 0.805. The average molecular weight is 280 g/mol. The van der Waals surface area contributed by atoms with Crippen LogP contribution >= 0.6 is 0 Å². The summed E-state index contributed by atoms with van der Waals surface area (Å²) in [5.41, 5.74) is 0.533. The number of amides is 1. The molecule has 1 aromatic heterocycles. The van der Waals surface area contributed by atoms with Crippen molar-refractivity contribution < 1.29 is 14.7 Å². The molecule has 1 heterocycles. The van der Waals surface area contributed by atoms with E-state index in [0.29, 0.717) is 6.42 Å². The fraction of sp³-hybridized carbons (Fsp3) is 0.500. The van der Waals surface area contributed by atoms with Crippen molar-refractivity contribution in [2.75, 3.05) is 0 Å². The zero-order valence-corrected chi connectivity index (χ0v) is 11.9. The number of nitrogens with one attached hydrogen (secondary N) is 1. The van der Waals surface area contributed by atoms with Crippen LogP contribution in [0.5, 0.6) is 0 Å². The van der Waals surface area contributed by atoms with Crippen LogP contribution in [0.15, 0.2) is 23.1 Å². The second-order valence-electron chi connectivity index (χ2n) is 5.26. The predicted octanol–water partition coefficient (Wildman–Crippen LogP) is 0.772. The number of nitrogens with zero attached hydrogens (tertiary/aromatic N) is 1. The molecule has 1 atom stereocenters. The number of carboxylic acids is 1. The van der Waals surface area contributed by atoms with E-state index in [9.17, 15) is 14.4 Å². The molecule has 20 heavy (non-hydrogen) atoms. The number of aryl methyl sites for hydroxylation is 1. The molecular weight excluding hydrogens is 260 g/mol. The summed E-state index contributed by atoms with van der Waals surface area (Å²) in [5, 5.41) is 11.5. The number of aliphatic carboxylic acids is 1. The van der Waals surface area contributed by atoms with Gasteiger partial charge in [-0.1, -0.05) is 13.8 Å². The van der Waals surface area contributed by atoms with Crippen LogP contribution in [0, 0.1) is 12.8 Å². The molecule has 0 bridgehead atoms. The highest BCUT2D eigenvalue weighted by Crippen LogP contribution is 2.05. The van der Waals surface area contributed by atoms with Crippen molar-refractivity contribution in [2.45, 2.75) is 39.8 Å². The van der Waals surface area contributed by atoms with E-state index in [-0.39, 0.29) is 18.0 Å². The van der Waals surface area contributed by atoms with Gasteiger partial charge in [-0.05, 0) is 30.9 Å². The Hall–Kier alpha value is -2.11. The second-order valence-corrected chi connectivity index (χ2v) is 5.26. The van der Waals surface area contributed by atoms with Crippen LogP contribution < -0.4 is 10.9 Å². The minimum absolute atomic E-state index is 0.151. The van der Waals surface area contributed by atoms with E-state index in [4.69, 9.17) is 5.11 Å². The van der Waals surface area contributed by atoms with Gasteiger partial charge in [-0.25, -0.2) is 4.79 Å². The van der Waals surface area contributed by atoms with E-state index in [1.807, 2.05) is 13.8 Å². The lowest BCUT2D eigenvalue weighted by molar-refractivity contribution is -0.142. The Kier molecular flexibility index (Phi) is 5.49. The zero-order chi connectivity index (χ0) is 15.3. The van der Waals surface area contributed by atoms with Crippen LogP contribution in [-0.2, 0) is 16.1 Å². The fourth-order valence-corrected chi connectivity index (χ4v) is 1.82. The maximum Gasteiger partial charge on any atom is 0.326 e. The zero-order valence-electron chi connectivity index (χ0n) is 11.9. The SMILES string of the molecule is Cc1ccn(CC(=O)NC(CC(C)C)C(=O)O)c(=O)c1. The van der Waals surface area contributed by atoms with Crippen LogP contribution in [0.1, 0.15) is 25.8 Å². The first kappa shape index (κ1) is 15.9. The number of pyridine rings is 1. The van der Waals surface area contributed by atoms with Gasteiger partial charge in [0.1, 0.15) is 12.6 Å². The maximum atomic E-state index is 11.8. The number of carbonyl (C=O) groups is 2. The number of hydrogen-bond acceptors (Lipinski definition) is 3. The van der Waals surface area contributed by atoms with Crippen molar-refractivity contribution in [1.82, 2.24) is 9.88 Å². The normalized spacial score (nSPS) is 12.2. The summed E-state index contributed by atoms with van der Waals surface area (Å²) in [7, 11) is 0. The maximum absolute atomic E-state index is 11.8. The van der Waals surface area contributed by atoms with Crippen molar-refractivity contribution in [2.24, 2.45) is 5.92 Å². The Morgan fingerprint density at radius 2 is 2.05 bits per heavy atom. The van der Waals surface area contributed by atoms with Crippen molar-refractivity contribution >= 4 is 11.9 Å². The van der Waals surface area contributed by atoms with Crippen molar-refractivity contribution in [3.05, 3.63) is 34.2 Å². The molecule has 1 aromatic rings. The summed E-state index contributed by atoms with van der Waals surface area (Å²) in [5.74, 6) is -1.40. The van der Waals surface area contributed by atoms with Gasteiger partial charge < -0.3 is 15.0 Å². The van der Waals surface area contributed by atoms with Gasteiger partial charge >= 0.3 is 5.97 Å². The van der Waals surface area contributed by atoms with E-state index in [1.54, 1.807) is 13.0 Å². The van der Waals surface area contributed by atoms with Crippen molar-refractivity contribution in [1.29, 1.82) is 0 Å². The summed E-state index contributed by atoms with van der Waals surface area (Å²) in [6, 6.07) is 2.22. The molecule has 110 valence electrons. The van der Waals surface area contributed by atoms with Crippen LogP contribution in [0.25, 0.3) is 0 Å². The summed E-state index contributed by atoms with van der Waals surface area (Å²) in [6.45, 7) is 5.37. The van der Waals surface area contributed by atoms with Gasteiger partial charge in [0.2, 0.25) is 5.91 Å². The molecule has 0 fully saturated rings. The lowest BCUT2D eigenvalue weighted by Gasteiger charge is -2.16. The largest absolute Gasteiger partial charge is 0.480 e. The molecule has 1 rings (SSSR count). The van der Waals surface area contributed by atoms with Gasteiger partial charge in [-0.15, -0.1) is 0 Å². The third kappa shape index (κ3) is 4.87. The van der Waals surface area contributed by atoms with Crippen LogP contribution in [0.4, 0.5) is 0 Å². The number of rotatable bonds is 6. The van der Waals surface area contributed by atoms with E-state index in [0.717, 1.165) is 5.56 Å². The molecule has 0 saturated carbocycles. The number of carboxylic acid groups (broad SMARTS) is 1. The Bertz CT molecular complexity index is 548. The molecule has 0 saturated heterocycles. The molecule has 6 heteroatoms. The molecule has 1 unspecified atom stereocenters. The highest BCUT2D eigenvalue weighted by molar-refractivity contribution is 5.83. The summed E-state index contributed by atoms with van der Waals surface area (Å²) >= 11 is 0. The highest BCUT2D eigenvalue weighted by atomic mass is 16.4. The first-order chi connectivity index (χ1) is 9.29. The number of carbonyl (C=O) groups excluding carboxylic acids is 1. The van der Waals surface area contributed by atoms with E-state index in [2.05, 4.69) is 5.32 Å². The highest BCUT2D eigenvalue weighted by Gasteiger charge is 2.21. The summed E-state index contributed by atoms with van der Waals surface area (Å²) in [4.78, 5) is 34.5. The van der Waals surface area contributed by atoms with E-state index < -0.39 is 17.9 Å². The monoisotopic (exact) mass is 280 g/mol. The van der Waals surface area contributed by atoms with Gasteiger partial charge in [0.15, 0.2) is 0 Å². The van der Waals surface area contributed by atoms with Crippen molar-refractivity contribution in [3.8, 4) is 0 Å². The van der Waals surface area contributed by atoms with Crippen LogP contribution in [-0.4, -0.2) is 27.6 Å². The van der Waals surface area contributed by atoms with Gasteiger partial charge in [-0.2, -0.15) is 0 Å². The first-order valence-electron chi connectivity index (χ1n) is 6.49. The molecule has 1 amide bonds. The Morgan fingerprint density at radius 3 is 2.55 bits per heavy atom. The molecule has 0 aromatic carbocycles. The number of aromatic nitrogens is 1. The topological polar surface area (TPSA) is 88.4 Å². The van der Waals surface area contributed by atoms with Gasteiger partial charge in [0.05, 0.1) is 0 Å². The third-order valence-electron chi connectivity index (χ3n) is 2.81. The standard InChI is InChI=1S/C14H20N2O4/c1-9(2)6-11(14(19)20)15-12(17)8-16-5-4-10(3)7-13(16)18/h4-5,7,9,11H,6,8H2,1-3H3,(H,15,17)(H,19,20). The van der Waals surface area contributed by atoms with Crippen LogP contribution in [0.2, 0.25) is 0 Å². The molecule has 0 aliphatic heterocycles. The summed E-state index contributed by atoms with van der Waals surface area (Å²) < 4.78 is 1.25. The molecule has 6 nitrogen and oxygen atoms in total. The number of hydrogen-bond donors (Lipinski definition) is 2. The Labute approximate surface area is 117 Å². The minimum Gasteiger partial charge on any atom is -0.480 e. The average Bonchev–Trinajstić information content (AvgIpc) is 2.31. The van der Waals surface area contributed by atoms with Gasteiger partial charge in [0.25, 0.3) is 5.56 Å². The summed E-state index contributed by atoms with van der Waals surface area (Å²) in [6.07, 6.45) is 1.87. The van der Waals surface area contributed by atoms with Crippen molar-refractivity contribution in [3.63, 3.8) is 0 Å². The van der Waals surface area contributed by atoms with Gasteiger partial charge in [0, 0.05) is 12.3 Å².